The highest BCUT2D eigenvalue weighted by atomic mass is 32.2. The van der Waals surface area contributed by atoms with Crippen molar-refractivity contribution in [3.05, 3.63) is 0 Å². The van der Waals surface area contributed by atoms with Gasteiger partial charge >= 0.3 is 10.3 Å². The van der Waals surface area contributed by atoms with Crippen LogP contribution in [0.1, 0.15) is 13.8 Å². The molecule has 7 nitrogen and oxygen atoms in total. The summed E-state index contributed by atoms with van der Waals surface area (Å²) in [4.78, 5) is 0. The maximum Gasteiger partial charge on any atom is 0.333 e. The highest BCUT2D eigenvalue weighted by Crippen LogP contribution is 2.01. The van der Waals surface area contributed by atoms with E-state index in [2.05, 4.69) is 0 Å². The van der Waals surface area contributed by atoms with E-state index in [0.717, 1.165) is 0 Å². The summed E-state index contributed by atoms with van der Waals surface area (Å²) in [5, 5.41) is 9.45. The Bertz CT molecular complexity index is 248. The first kappa shape index (κ1) is 14.8. The van der Waals surface area contributed by atoms with Gasteiger partial charge in [0.1, 0.15) is 6.10 Å². The van der Waals surface area contributed by atoms with Gasteiger partial charge in [0.05, 0.1) is 0 Å². The molecule has 0 aromatic heterocycles. The summed E-state index contributed by atoms with van der Waals surface area (Å²) < 4.78 is 40.8. The Labute approximate surface area is 89.3 Å². The van der Waals surface area contributed by atoms with E-state index >= 15 is 0 Å². The van der Waals surface area contributed by atoms with Crippen molar-refractivity contribution in [2.24, 2.45) is 0 Å². The van der Waals surface area contributed by atoms with Crippen molar-refractivity contribution >= 4 is 10.3 Å². The van der Waals surface area contributed by atoms with Gasteiger partial charge in [-0.3, -0.25) is 4.55 Å². The summed E-state index contributed by atoms with van der Waals surface area (Å²) in [6, 6.07) is 0. The van der Waals surface area contributed by atoms with Gasteiger partial charge in [-0.05, 0) is 13.8 Å². The molecule has 0 heterocycles. The molecule has 0 bridgehead atoms. The number of hydrogen-bond donors (Lipinski definition) is 3. The van der Waals surface area contributed by atoms with Crippen LogP contribution in [-0.2, 0) is 19.8 Å². The fourth-order valence-corrected chi connectivity index (χ4v) is 1.27. The zero-order chi connectivity index (χ0) is 11.9. The van der Waals surface area contributed by atoms with Gasteiger partial charge in [0.2, 0.25) is 0 Å². The Balaban J connectivity index is 4.07. The second-order valence-corrected chi connectivity index (χ2v) is 3.91. The van der Waals surface area contributed by atoms with Crippen LogP contribution >= 0.6 is 0 Å². The van der Waals surface area contributed by atoms with Crippen molar-refractivity contribution in [1.29, 1.82) is 0 Å². The molecule has 8 heteroatoms. The molecule has 0 aromatic rings. The fourth-order valence-electron chi connectivity index (χ4n) is 0.886. The molecule has 0 saturated carbocycles. The van der Waals surface area contributed by atoms with Gasteiger partial charge in [-0.1, -0.05) is 0 Å². The highest BCUT2D eigenvalue weighted by molar-refractivity contribution is 7.83. The fraction of sp³-hybridized carbons (Fsp3) is 1.00. The van der Waals surface area contributed by atoms with Crippen LogP contribution in [0.3, 0.4) is 0 Å². The van der Waals surface area contributed by atoms with Gasteiger partial charge < -0.3 is 14.6 Å². The third-order valence-electron chi connectivity index (χ3n) is 1.45. The lowest BCUT2D eigenvalue weighted by atomic mass is 10.3. The molecule has 0 aliphatic rings. The Morgan fingerprint density at radius 1 is 1.27 bits per heavy atom. The van der Waals surface area contributed by atoms with Crippen LogP contribution in [0.5, 0.6) is 0 Å². The molecule has 0 spiro atoms. The first-order chi connectivity index (χ1) is 6.90. The maximum absolute atomic E-state index is 10.3. The van der Waals surface area contributed by atoms with Crippen molar-refractivity contribution in [1.82, 2.24) is 4.72 Å². The molecule has 0 radical (unpaired) electrons. The van der Waals surface area contributed by atoms with E-state index in [1.807, 2.05) is 0 Å². The summed E-state index contributed by atoms with van der Waals surface area (Å²) in [6.07, 6.45) is -2.08. The standard InChI is InChI=1S/C7H17NO6S/c1-3-13-7(14-4-2)6(9)5-8-15(10,11)12/h6-9H,3-5H2,1-2H3,(H,10,11,12). The Morgan fingerprint density at radius 3 is 2.07 bits per heavy atom. The van der Waals surface area contributed by atoms with Crippen LogP contribution in [0.25, 0.3) is 0 Å². The summed E-state index contributed by atoms with van der Waals surface area (Å²) in [5.74, 6) is 0. The molecule has 0 fully saturated rings. The smallest absolute Gasteiger partial charge is 0.333 e. The third-order valence-corrected chi connectivity index (χ3v) is 1.98. The van der Waals surface area contributed by atoms with Crippen molar-refractivity contribution < 1.29 is 27.6 Å². The number of hydrogen-bond acceptors (Lipinski definition) is 5. The van der Waals surface area contributed by atoms with E-state index in [0.29, 0.717) is 13.2 Å². The van der Waals surface area contributed by atoms with Crippen LogP contribution in [0, 0.1) is 0 Å². The number of nitrogens with one attached hydrogen (secondary N) is 1. The van der Waals surface area contributed by atoms with E-state index in [4.69, 9.17) is 14.0 Å². The molecule has 15 heavy (non-hydrogen) atoms. The van der Waals surface area contributed by atoms with E-state index in [1.165, 1.54) is 0 Å². The highest BCUT2D eigenvalue weighted by Gasteiger charge is 2.21. The van der Waals surface area contributed by atoms with Gasteiger partial charge in [0.15, 0.2) is 6.29 Å². The van der Waals surface area contributed by atoms with Crippen molar-refractivity contribution in [2.45, 2.75) is 26.2 Å². The molecule has 0 aliphatic carbocycles. The number of rotatable bonds is 8. The molecule has 0 aromatic carbocycles. The van der Waals surface area contributed by atoms with E-state index in [-0.39, 0.29) is 6.54 Å². The van der Waals surface area contributed by atoms with Gasteiger partial charge in [-0.15, -0.1) is 0 Å². The minimum atomic E-state index is -4.30. The molecule has 0 rings (SSSR count). The normalized spacial score (nSPS) is 14.5. The first-order valence-corrected chi connectivity index (χ1v) is 5.98. The number of aliphatic hydroxyl groups excluding tert-OH is 1. The molecule has 3 N–H and O–H groups in total. The average molecular weight is 243 g/mol. The largest absolute Gasteiger partial charge is 0.386 e. The molecular formula is C7H17NO6S. The van der Waals surface area contributed by atoms with Crippen LogP contribution in [0.2, 0.25) is 0 Å². The molecular weight excluding hydrogens is 226 g/mol. The summed E-state index contributed by atoms with van der Waals surface area (Å²) in [6.45, 7) is 3.72. The number of aliphatic hydroxyl groups is 1. The second kappa shape index (κ2) is 7.09. The second-order valence-electron chi connectivity index (χ2n) is 2.67. The number of ether oxygens (including phenoxy) is 2. The molecule has 1 unspecified atom stereocenters. The summed E-state index contributed by atoms with van der Waals surface area (Å²) >= 11 is 0. The minimum absolute atomic E-state index is 0.327. The van der Waals surface area contributed by atoms with Crippen LogP contribution in [-0.4, -0.2) is 50.2 Å². The van der Waals surface area contributed by atoms with Gasteiger partial charge in [0.25, 0.3) is 0 Å². The quantitative estimate of drug-likeness (QED) is 0.378. The van der Waals surface area contributed by atoms with Gasteiger partial charge in [-0.2, -0.15) is 13.1 Å². The lowest BCUT2D eigenvalue weighted by Crippen LogP contribution is -2.41. The maximum atomic E-state index is 10.3. The third kappa shape index (κ3) is 7.65. The van der Waals surface area contributed by atoms with Crippen molar-refractivity contribution in [3.8, 4) is 0 Å². The van der Waals surface area contributed by atoms with E-state index in [1.54, 1.807) is 18.6 Å². The predicted molar refractivity (Wildman–Crippen MR) is 52.6 cm³/mol. The molecule has 0 saturated heterocycles. The zero-order valence-corrected chi connectivity index (χ0v) is 9.53. The lowest BCUT2D eigenvalue weighted by molar-refractivity contribution is -0.187. The molecule has 1 atom stereocenters. The topological polar surface area (TPSA) is 105 Å². The molecule has 0 amide bonds. The van der Waals surface area contributed by atoms with Crippen LogP contribution < -0.4 is 4.72 Å². The molecule has 92 valence electrons. The Morgan fingerprint density at radius 2 is 1.73 bits per heavy atom. The Kier molecular flexibility index (Phi) is 6.98. The van der Waals surface area contributed by atoms with E-state index in [9.17, 15) is 13.5 Å². The SMILES string of the molecule is CCOC(OCC)C(O)CNS(=O)(=O)O. The monoisotopic (exact) mass is 243 g/mol. The minimum Gasteiger partial charge on any atom is -0.386 e. The summed E-state index contributed by atoms with van der Waals surface area (Å²) in [5.41, 5.74) is 0. The van der Waals surface area contributed by atoms with E-state index < -0.39 is 22.7 Å². The van der Waals surface area contributed by atoms with Crippen molar-refractivity contribution in [2.75, 3.05) is 19.8 Å². The zero-order valence-electron chi connectivity index (χ0n) is 8.71. The Hall–Kier alpha value is -0.250. The summed E-state index contributed by atoms with van der Waals surface area (Å²) in [7, 11) is -4.30. The molecule has 0 aliphatic heterocycles. The van der Waals surface area contributed by atoms with Crippen molar-refractivity contribution in [3.63, 3.8) is 0 Å². The van der Waals surface area contributed by atoms with Gasteiger partial charge in [0, 0.05) is 19.8 Å². The lowest BCUT2D eigenvalue weighted by Gasteiger charge is -2.22. The average Bonchev–Trinajstić information content (AvgIpc) is 2.13. The van der Waals surface area contributed by atoms with Gasteiger partial charge in [-0.25, -0.2) is 0 Å². The predicted octanol–water partition coefficient (Wildman–Crippen LogP) is -0.861. The van der Waals surface area contributed by atoms with Crippen LogP contribution in [0.15, 0.2) is 0 Å². The first-order valence-electron chi connectivity index (χ1n) is 4.54. The van der Waals surface area contributed by atoms with Crippen LogP contribution in [0.4, 0.5) is 0 Å².